The number of ketones is 1. The molecule has 1 aliphatic rings. The molecule has 42 nitrogen and oxygen atoms in total. The van der Waals surface area contributed by atoms with Crippen LogP contribution in [0.25, 0.3) is 10.9 Å². The minimum atomic E-state index is -2.43. The lowest BCUT2D eigenvalue weighted by molar-refractivity contribution is -0.156. The molecule has 1 aliphatic heterocycles. The lowest BCUT2D eigenvalue weighted by Crippen LogP contribution is -2.62. The van der Waals surface area contributed by atoms with Gasteiger partial charge in [0.1, 0.15) is 72.6 Å². The largest absolute Gasteiger partial charge is 0.481 e. The fourth-order valence-corrected chi connectivity index (χ4v) is 12.3. The van der Waals surface area contributed by atoms with Crippen molar-refractivity contribution in [2.45, 2.75) is 249 Å². The van der Waals surface area contributed by atoms with Gasteiger partial charge in [0, 0.05) is 53.2 Å². The number of aromatic amines is 1. The number of H-pyrrole nitrogens is 1. The number of fused-ring (bicyclic) bond motifs is 1. The molecular formula is C77H110N16O26. The van der Waals surface area contributed by atoms with E-state index < -0.39 is 261 Å². The Morgan fingerprint density at radius 2 is 1.06 bits per heavy atom. The highest BCUT2D eigenvalue weighted by Crippen LogP contribution is 2.22. The average molecular weight is 1680 g/mol. The Morgan fingerprint density at radius 3 is 1.66 bits per heavy atom. The lowest BCUT2D eigenvalue weighted by Gasteiger charge is -2.30. The number of benzene rings is 2. The summed E-state index contributed by atoms with van der Waals surface area (Å²) >= 11 is 0. The summed E-state index contributed by atoms with van der Waals surface area (Å²) in [5.74, 6) is -28.9. The summed E-state index contributed by atoms with van der Waals surface area (Å²) in [6.07, 6.45) is -1.34. The van der Waals surface area contributed by atoms with E-state index >= 15 is 0 Å². The number of Topliss-reactive ketones (excluding diaryl/α,β-unsaturated/α-hetero) is 1. The van der Waals surface area contributed by atoms with Gasteiger partial charge >= 0.3 is 29.8 Å². The van der Waals surface area contributed by atoms with Gasteiger partial charge in [0.2, 0.25) is 82.7 Å². The Morgan fingerprint density at radius 1 is 0.529 bits per heavy atom. The smallest absolute Gasteiger partial charge is 0.329 e. The van der Waals surface area contributed by atoms with Crippen molar-refractivity contribution in [3.05, 3.63) is 65.9 Å². The molecule has 119 heavy (non-hydrogen) atoms. The summed E-state index contributed by atoms with van der Waals surface area (Å²) in [4.78, 5) is 279. The van der Waals surface area contributed by atoms with E-state index in [1.165, 1.54) is 24.3 Å². The first-order chi connectivity index (χ1) is 56.0. The number of rotatable bonds is 35. The summed E-state index contributed by atoms with van der Waals surface area (Å²) in [5.41, 5.74) is 5.89. The summed E-state index contributed by atoms with van der Waals surface area (Å²) < 4.78 is 5.74. The number of esters is 1. The highest BCUT2D eigenvalue weighted by molar-refractivity contribution is 6.05. The third kappa shape index (κ3) is 34.6. The van der Waals surface area contributed by atoms with Crippen LogP contribution in [0.2, 0.25) is 0 Å². The third-order valence-electron chi connectivity index (χ3n) is 18.5. The number of nitrogen functional groups attached to an aromatic ring is 1. The van der Waals surface area contributed by atoms with Gasteiger partial charge in [-0.15, -0.1) is 0 Å². The van der Waals surface area contributed by atoms with Crippen LogP contribution in [0.4, 0.5) is 5.69 Å². The molecule has 0 aliphatic carbocycles. The summed E-state index contributed by atoms with van der Waals surface area (Å²) in [5, 5.41) is 82.3. The quantitative estimate of drug-likeness (QED) is 0.0123. The van der Waals surface area contributed by atoms with Gasteiger partial charge in [0.15, 0.2) is 5.78 Å². The van der Waals surface area contributed by atoms with Gasteiger partial charge in [-0.3, -0.25) is 91.1 Å². The van der Waals surface area contributed by atoms with Crippen molar-refractivity contribution in [3.8, 4) is 0 Å². The minimum absolute atomic E-state index is 0.00817. The number of aliphatic carboxylic acids is 4. The molecule has 3 aromatic rings. The second-order valence-electron chi connectivity index (χ2n) is 29.8. The number of para-hydroxylation sites is 2. The zero-order valence-corrected chi connectivity index (χ0v) is 67.4. The van der Waals surface area contributed by atoms with Crippen LogP contribution in [0.3, 0.4) is 0 Å². The number of cyclic esters (lactones) is 1. The normalized spacial score (nSPS) is 21.0. The average Bonchev–Trinajstić information content (AvgIpc) is 1.81. The molecule has 42 heteroatoms. The van der Waals surface area contributed by atoms with Crippen LogP contribution in [0, 0.1) is 5.92 Å². The predicted molar refractivity (Wildman–Crippen MR) is 420 cm³/mol. The number of ether oxygens (including phenoxy) is 1. The standard InChI is InChI=1S/C77H110N16O26/c1-9-11-13-14-15-16-17-27-56(96)84-48(29-42-35-79-46-26-21-19-22-43(42)46)70(112)87-49(31-57(97)93-77(6,7)8)71(113)89-52(34-63(106)107)72(114)92-65-41(5)119-76(118)53(30-55(95)44-23-18-20-24-45(44)78)90-75(117)64(39(3)28-60(100)101)91-73(115)54(38-94)85-59(99)36-80-67(109)50(32-61(102)103)86-66(108)40(4)82-69(111)51(33-62(104)105)88-68(110)47(25-12-10-2)83-58(98)37-81-74(65)116/h18-24,26,35,39-41,47-54,64-65,79,94H,9-17,25,27-34,36-38,78H2,1-8H3,(H,80,109)(H,81,116)(H,82,111)(H,83,98)(H,84,96)(H,85,99)(H,86,108)(H,87,112)(H,88,110)(H,89,113)(H,90,117)(H,91,115)(H,92,114)(H,93,97)(H,100,101)(H,102,103)(H,104,105)(H,106,107). The van der Waals surface area contributed by atoms with Gasteiger partial charge in [0.05, 0.1) is 51.8 Å². The van der Waals surface area contributed by atoms with Crippen LogP contribution in [0.1, 0.15) is 180 Å². The Kier molecular flexibility index (Phi) is 40.5. The molecule has 654 valence electrons. The molecular weight excluding hydrogens is 1560 g/mol. The SMILES string of the molecule is CCCCCCCCCC(=O)NC(Cc1c[nH]c2ccccc12)C(=O)NC(CC(=O)NC(C)(C)C)C(=O)NC(CC(=O)O)C(=O)NC1C(=O)NCC(=O)NC(CCCC)C(=O)NC(CC(=O)O)C(=O)NC(C)C(=O)NC(CC(=O)O)C(=O)NCC(=O)NC(CO)C(=O)NC(C(C)CC(=O)O)C(=O)NC(CC(=O)c2ccccc2N)C(=O)OC1C. The first kappa shape index (κ1) is 98.7. The number of aliphatic hydroxyl groups is 1. The molecule has 1 fully saturated rings. The second-order valence-corrected chi connectivity index (χ2v) is 29.8. The van der Waals surface area contributed by atoms with E-state index in [9.17, 15) is 121 Å². The maximum atomic E-state index is 15.0. The van der Waals surface area contributed by atoms with Crippen LogP contribution in [-0.4, -0.2) is 247 Å². The number of hydrogen-bond donors (Lipinski definition) is 21. The summed E-state index contributed by atoms with van der Waals surface area (Å²) in [6, 6.07) is -10.2. The first-order valence-corrected chi connectivity index (χ1v) is 38.8. The van der Waals surface area contributed by atoms with Gasteiger partial charge in [-0.2, -0.15) is 0 Å². The van der Waals surface area contributed by atoms with Gasteiger partial charge in [-0.05, 0) is 77.1 Å². The van der Waals surface area contributed by atoms with Gasteiger partial charge in [-0.25, -0.2) is 4.79 Å². The van der Waals surface area contributed by atoms with E-state index in [-0.39, 0.29) is 36.9 Å². The number of carbonyl (C=O) groups excluding carboxylic acids is 16. The molecule has 0 spiro atoms. The lowest BCUT2D eigenvalue weighted by atomic mass is 9.96. The number of nitrogens with one attached hydrogen (secondary N) is 15. The fourth-order valence-electron chi connectivity index (χ4n) is 12.3. The van der Waals surface area contributed by atoms with Crippen molar-refractivity contribution in [1.29, 1.82) is 0 Å². The Balaban J connectivity index is 1.92. The Hall–Kier alpha value is -12.7. The van der Waals surface area contributed by atoms with Crippen LogP contribution in [0.5, 0.6) is 0 Å². The molecule has 13 atom stereocenters. The van der Waals surface area contributed by atoms with Crippen LogP contribution >= 0.6 is 0 Å². The van der Waals surface area contributed by atoms with E-state index in [4.69, 9.17) is 10.5 Å². The number of carbonyl (C=O) groups is 20. The Labute approximate surface area is 684 Å². The van der Waals surface area contributed by atoms with Crippen molar-refractivity contribution < 1.29 is 126 Å². The molecule has 4 rings (SSSR count). The number of anilines is 1. The molecule has 1 saturated heterocycles. The zero-order valence-electron chi connectivity index (χ0n) is 67.4. The van der Waals surface area contributed by atoms with E-state index in [1.807, 2.05) is 16.0 Å². The second kappa shape index (κ2) is 48.8. The van der Waals surface area contributed by atoms with Crippen molar-refractivity contribution in [1.82, 2.24) is 79.4 Å². The molecule has 2 heterocycles. The van der Waals surface area contributed by atoms with Gasteiger partial charge in [0.25, 0.3) is 0 Å². The van der Waals surface area contributed by atoms with E-state index in [1.54, 1.807) is 58.2 Å². The number of aliphatic hydroxyl groups excluding tert-OH is 1. The predicted octanol–water partition coefficient (Wildman–Crippen LogP) is -2.74. The third-order valence-corrected chi connectivity index (χ3v) is 18.5. The highest BCUT2D eigenvalue weighted by Gasteiger charge is 2.41. The maximum absolute atomic E-state index is 15.0. The van der Waals surface area contributed by atoms with E-state index in [2.05, 4.69) is 70.4 Å². The molecule has 2 aromatic carbocycles. The van der Waals surface area contributed by atoms with Crippen molar-refractivity contribution in [3.63, 3.8) is 0 Å². The Bertz CT molecular complexity index is 4160. The van der Waals surface area contributed by atoms with Crippen molar-refractivity contribution >= 4 is 135 Å². The zero-order chi connectivity index (χ0) is 89.0. The van der Waals surface area contributed by atoms with Crippen molar-refractivity contribution in [2.24, 2.45) is 5.92 Å². The molecule has 0 saturated carbocycles. The van der Waals surface area contributed by atoms with Gasteiger partial charge < -0.3 is 115 Å². The highest BCUT2D eigenvalue weighted by atomic mass is 16.5. The van der Waals surface area contributed by atoms with Gasteiger partial charge in [-0.1, -0.05) is 102 Å². The van der Waals surface area contributed by atoms with Crippen LogP contribution in [-0.2, 0) is 102 Å². The fraction of sp³-hybridized carbons (Fsp3) is 0.558. The molecule has 0 radical (unpaired) electrons. The number of unbranched alkanes of at least 4 members (excludes halogenated alkanes) is 7. The summed E-state index contributed by atoms with van der Waals surface area (Å²) in [7, 11) is 0. The maximum Gasteiger partial charge on any atom is 0.329 e. The molecule has 14 amide bonds. The number of carboxylic acid groups (broad SMARTS) is 4. The van der Waals surface area contributed by atoms with E-state index in [0.717, 1.165) is 52.9 Å². The number of amides is 14. The van der Waals surface area contributed by atoms with Crippen molar-refractivity contribution in [2.75, 3.05) is 25.4 Å². The number of hydrogen-bond acceptors (Lipinski definition) is 23. The number of carboxylic acids is 4. The monoisotopic (exact) mass is 1670 g/mol. The molecule has 0 bridgehead atoms. The topological polar surface area (TPSA) is 662 Å². The minimum Gasteiger partial charge on any atom is -0.481 e. The molecule has 13 unspecified atom stereocenters. The number of aromatic nitrogens is 1. The van der Waals surface area contributed by atoms with E-state index in [0.29, 0.717) is 35.7 Å². The summed E-state index contributed by atoms with van der Waals surface area (Å²) in [6.45, 7) is 7.82. The molecule has 1 aromatic heterocycles. The number of nitrogens with two attached hydrogens (primary N) is 1. The van der Waals surface area contributed by atoms with Crippen LogP contribution in [0.15, 0.2) is 54.7 Å². The molecule has 22 N–H and O–H groups in total. The van der Waals surface area contributed by atoms with Crippen LogP contribution < -0.4 is 80.2 Å². The first-order valence-electron chi connectivity index (χ1n) is 38.8.